The van der Waals surface area contributed by atoms with Crippen molar-refractivity contribution in [3.8, 4) is 6.07 Å². The summed E-state index contributed by atoms with van der Waals surface area (Å²) in [6.45, 7) is 4.30. The van der Waals surface area contributed by atoms with Crippen molar-refractivity contribution in [3.05, 3.63) is 82.3 Å². The molecule has 1 saturated heterocycles. The van der Waals surface area contributed by atoms with Gasteiger partial charge in [-0.3, -0.25) is 0 Å². The van der Waals surface area contributed by atoms with Crippen molar-refractivity contribution in [2.75, 3.05) is 49.8 Å². The van der Waals surface area contributed by atoms with Crippen LogP contribution in [0.3, 0.4) is 0 Å². The Labute approximate surface area is 200 Å². The van der Waals surface area contributed by atoms with E-state index < -0.39 is 6.23 Å². The lowest BCUT2D eigenvalue weighted by Crippen LogP contribution is -2.31. The Balaban J connectivity index is 1.47. The SMILES string of the molecule is COCN1c2ccc(N3CCCNCC3)cc2Cc2cc(Cc3ccc(C#N)cc3)oc2C1O. The number of aliphatic hydroxyl groups excluding tert-OH is 1. The minimum atomic E-state index is -0.931. The Hall–Kier alpha value is -3.31. The van der Waals surface area contributed by atoms with E-state index >= 15 is 0 Å². The molecule has 2 aromatic carbocycles. The predicted octanol–water partition coefficient (Wildman–Crippen LogP) is 3.55. The molecule has 7 nitrogen and oxygen atoms in total. The molecule has 1 aromatic heterocycles. The Kier molecular flexibility index (Phi) is 6.54. The van der Waals surface area contributed by atoms with Crippen LogP contribution in [0.1, 0.15) is 46.4 Å². The molecule has 1 unspecified atom stereocenters. The topological polar surface area (TPSA) is 84.9 Å². The Morgan fingerprint density at radius 3 is 2.76 bits per heavy atom. The fraction of sp³-hybridized carbons (Fsp3) is 0.370. The first-order valence-electron chi connectivity index (χ1n) is 11.8. The zero-order chi connectivity index (χ0) is 23.5. The monoisotopic (exact) mass is 458 g/mol. The van der Waals surface area contributed by atoms with Gasteiger partial charge in [-0.1, -0.05) is 12.1 Å². The van der Waals surface area contributed by atoms with Crippen molar-refractivity contribution < 1.29 is 14.3 Å². The van der Waals surface area contributed by atoms with Crippen LogP contribution in [-0.4, -0.2) is 45.1 Å². The second kappa shape index (κ2) is 9.90. The van der Waals surface area contributed by atoms with E-state index in [1.54, 1.807) is 7.11 Å². The molecule has 1 atom stereocenters. The molecule has 0 radical (unpaired) electrons. The first-order chi connectivity index (χ1) is 16.7. The van der Waals surface area contributed by atoms with Crippen molar-refractivity contribution in [1.29, 1.82) is 5.26 Å². The second-order valence-electron chi connectivity index (χ2n) is 8.93. The number of benzene rings is 2. The maximum absolute atomic E-state index is 11.3. The average Bonchev–Trinajstić information content (AvgIpc) is 3.01. The quantitative estimate of drug-likeness (QED) is 0.605. The molecule has 34 heavy (non-hydrogen) atoms. The van der Waals surface area contributed by atoms with Gasteiger partial charge in [0.2, 0.25) is 0 Å². The van der Waals surface area contributed by atoms with Crippen LogP contribution in [-0.2, 0) is 17.6 Å². The number of aliphatic hydroxyl groups is 1. The lowest BCUT2D eigenvalue weighted by atomic mass is 10.0. The maximum atomic E-state index is 11.3. The lowest BCUT2D eigenvalue weighted by Gasteiger charge is -2.29. The van der Waals surface area contributed by atoms with Crippen molar-refractivity contribution >= 4 is 11.4 Å². The third-order valence-corrected chi connectivity index (χ3v) is 6.61. The van der Waals surface area contributed by atoms with Crippen LogP contribution in [0.15, 0.2) is 52.9 Å². The number of furan rings is 1. The Bertz CT molecular complexity index is 1170. The Morgan fingerprint density at radius 2 is 1.97 bits per heavy atom. The molecule has 0 bridgehead atoms. The van der Waals surface area contributed by atoms with Gasteiger partial charge >= 0.3 is 0 Å². The standard InChI is InChI=1S/C27H30N4O3/c1-33-18-31-25-8-7-23(30-11-2-9-29-10-12-30)15-21(25)14-22-16-24(34-26(22)27(31)32)13-19-3-5-20(17-28)6-4-19/h3-8,15-16,27,29,32H,2,9-14,18H2,1H3. The van der Waals surface area contributed by atoms with Crippen LogP contribution in [0.5, 0.6) is 0 Å². The number of methoxy groups -OCH3 is 1. The molecule has 2 aliphatic rings. The fourth-order valence-electron chi connectivity index (χ4n) is 4.90. The lowest BCUT2D eigenvalue weighted by molar-refractivity contribution is 0.0967. The summed E-state index contributed by atoms with van der Waals surface area (Å²) in [7, 11) is 1.63. The Morgan fingerprint density at radius 1 is 1.12 bits per heavy atom. The number of nitrogens with zero attached hydrogens (tertiary/aromatic N) is 3. The van der Waals surface area contributed by atoms with Crippen LogP contribution < -0.4 is 15.1 Å². The van der Waals surface area contributed by atoms with E-state index in [9.17, 15) is 5.11 Å². The van der Waals surface area contributed by atoms with Gasteiger partial charge in [0.05, 0.1) is 11.6 Å². The number of anilines is 2. The van der Waals surface area contributed by atoms with Gasteiger partial charge in [0, 0.05) is 56.5 Å². The molecule has 176 valence electrons. The van der Waals surface area contributed by atoms with Crippen molar-refractivity contribution in [2.45, 2.75) is 25.5 Å². The van der Waals surface area contributed by atoms with Crippen LogP contribution >= 0.6 is 0 Å². The molecule has 0 aliphatic carbocycles. The van der Waals surface area contributed by atoms with Crippen LogP contribution in [0.4, 0.5) is 11.4 Å². The summed E-state index contributed by atoms with van der Waals surface area (Å²) in [5.41, 5.74) is 6.01. The maximum Gasteiger partial charge on any atom is 0.188 e. The van der Waals surface area contributed by atoms with E-state index in [0.717, 1.165) is 60.7 Å². The van der Waals surface area contributed by atoms with E-state index in [4.69, 9.17) is 14.4 Å². The van der Waals surface area contributed by atoms with Crippen LogP contribution in [0, 0.1) is 11.3 Å². The molecule has 5 rings (SSSR count). The number of hydrogen-bond donors (Lipinski definition) is 2. The number of rotatable bonds is 5. The summed E-state index contributed by atoms with van der Waals surface area (Å²) in [6, 6.07) is 18.2. The minimum Gasteiger partial charge on any atom is -0.461 e. The molecule has 0 amide bonds. The van der Waals surface area contributed by atoms with E-state index in [1.165, 1.54) is 5.69 Å². The molecule has 7 heteroatoms. The summed E-state index contributed by atoms with van der Waals surface area (Å²) in [5, 5.41) is 23.8. The normalized spacial score (nSPS) is 18.0. The molecule has 0 saturated carbocycles. The number of fused-ring (bicyclic) bond motifs is 2. The zero-order valence-electron chi connectivity index (χ0n) is 19.5. The second-order valence-corrected chi connectivity index (χ2v) is 8.93. The predicted molar refractivity (Wildman–Crippen MR) is 131 cm³/mol. The van der Waals surface area contributed by atoms with Gasteiger partial charge in [-0.05, 0) is 60.5 Å². The highest BCUT2D eigenvalue weighted by Crippen LogP contribution is 2.39. The van der Waals surface area contributed by atoms with Gasteiger partial charge in [0.25, 0.3) is 0 Å². The summed E-state index contributed by atoms with van der Waals surface area (Å²) in [5.74, 6) is 1.36. The summed E-state index contributed by atoms with van der Waals surface area (Å²) in [4.78, 5) is 4.28. The van der Waals surface area contributed by atoms with Gasteiger partial charge in [-0.2, -0.15) is 5.26 Å². The molecule has 2 N–H and O–H groups in total. The van der Waals surface area contributed by atoms with Gasteiger partial charge in [-0.15, -0.1) is 0 Å². The van der Waals surface area contributed by atoms with Crippen molar-refractivity contribution in [2.24, 2.45) is 0 Å². The minimum absolute atomic E-state index is 0.256. The molecular formula is C27H30N4O3. The fourth-order valence-corrected chi connectivity index (χ4v) is 4.90. The van der Waals surface area contributed by atoms with E-state index in [2.05, 4.69) is 40.6 Å². The zero-order valence-corrected chi connectivity index (χ0v) is 19.5. The summed E-state index contributed by atoms with van der Waals surface area (Å²) < 4.78 is 11.6. The summed E-state index contributed by atoms with van der Waals surface area (Å²) >= 11 is 0. The average molecular weight is 459 g/mol. The van der Waals surface area contributed by atoms with Gasteiger partial charge < -0.3 is 29.4 Å². The van der Waals surface area contributed by atoms with E-state index in [0.29, 0.717) is 24.2 Å². The van der Waals surface area contributed by atoms with Gasteiger partial charge in [-0.25, -0.2) is 0 Å². The van der Waals surface area contributed by atoms with Gasteiger partial charge in [0.15, 0.2) is 12.0 Å². The largest absolute Gasteiger partial charge is 0.461 e. The van der Waals surface area contributed by atoms with Crippen molar-refractivity contribution in [3.63, 3.8) is 0 Å². The van der Waals surface area contributed by atoms with Crippen LogP contribution in [0.2, 0.25) is 0 Å². The van der Waals surface area contributed by atoms with E-state index in [-0.39, 0.29) is 6.73 Å². The first-order valence-corrected chi connectivity index (χ1v) is 11.8. The van der Waals surface area contributed by atoms with Gasteiger partial charge in [0.1, 0.15) is 12.5 Å². The highest BCUT2D eigenvalue weighted by Gasteiger charge is 2.31. The third-order valence-electron chi connectivity index (χ3n) is 6.61. The molecule has 1 fully saturated rings. The highest BCUT2D eigenvalue weighted by atomic mass is 16.5. The highest BCUT2D eigenvalue weighted by molar-refractivity contribution is 5.65. The third kappa shape index (κ3) is 4.53. The molecule has 2 aliphatic heterocycles. The summed E-state index contributed by atoms with van der Waals surface area (Å²) in [6.07, 6.45) is 1.47. The number of nitriles is 1. The number of hydrogen-bond acceptors (Lipinski definition) is 7. The molecular weight excluding hydrogens is 428 g/mol. The number of ether oxygens (including phenoxy) is 1. The molecule has 3 heterocycles. The smallest absolute Gasteiger partial charge is 0.188 e. The van der Waals surface area contributed by atoms with E-state index in [1.807, 2.05) is 29.2 Å². The van der Waals surface area contributed by atoms with Crippen molar-refractivity contribution in [1.82, 2.24) is 5.32 Å². The number of nitrogens with one attached hydrogen (secondary N) is 1. The molecule has 0 spiro atoms. The molecule has 3 aromatic rings. The van der Waals surface area contributed by atoms with Crippen LogP contribution in [0.25, 0.3) is 0 Å². The first kappa shape index (κ1) is 22.5.